The predicted octanol–water partition coefficient (Wildman–Crippen LogP) is 4.42. The van der Waals surface area contributed by atoms with Gasteiger partial charge in [-0.3, -0.25) is 0 Å². The van der Waals surface area contributed by atoms with E-state index < -0.39 is 0 Å². The highest BCUT2D eigenvalue weighted by Crippen LogP contribution is 2.58. The van der Waals surface area contributed by atoms with Crippen LogP contribution in [0.5, 0.6) is 0 Å². The van der Waals surface area contributed by atoms with E-state index in [1.165, 1.54) is 38.5 Å². The van der Waals surface area contributed by atoms with Crippen LogP contribution in [0.1, 0.15) is 52.4 Å². The van der Waals surface area contributed by atoms with Crippen LogP contribution in [0.2, 0.25) is 0 Å². The van der Waals surface area contributed by atoms with Gasteiger partial charge in [0.25, 0.3) is 0 Å². The number of allylic oxidation sites excluding steroid dienone is 1. The first kappa shape index (κ1) is 10.3. The molecule has 0 nitrogen and oxygen atoms in total. The van der Waals surface area contributed by atoms with Crippen molar-refractivity contribution in [3.8, 4) is 0 Å². The molecule has 2 saturated carbocycles. The van der Waals surface area contributed by atoms with Crippen LogP contribution in [0.4, 0.5) is 0 Å². The van der Waals surface area contributed by atoms with Crippen LogP contribution in [-0.4, -0.2) is 0 Å². The Morgan fingerprint density at radius 1 is 1.36 bits per heavy atom. The van der Waals surface area contributed by atoms with Gasteiger partial charge < -0.3 is 0 Å². The van der Waals surface area contributed by atoms with Gasteiger partial charge in [-0.05, 0) is 48.9 Å². The SMILES string of the molecule is C=CCC1CCC2C(C)CCCC12C. The van der Waals surface area contributed by atoms with Gasteiger partial charge in [0.05, 0.1) is 0 Å². The van der Waals surface area contributed by atoms with Crippen LogP contribution in [0, 0.1) is 23.2 Å². The third-order valence-electron chi connectivity index (χ3n) is 5.12. The summed E-state index contributed by atoms with van der Waals surface area (Å²) in [7, 11) is 0. The second-order valence-corrected chi connectivity index (χ2v) is 5.78. The molecule has 2 aliphatic rings. The van der Waals surface area contributed by atoms with Crippen molar-refractivity contribution in [1.29, 1.82) is 0 Å². The molecule has 80 valence electrons. The Kier molecular flexibility index (Phi) is 2.72. The van der Waals surface area contributed by atoms with Gasteiger partial charge in [0.2, 0.25) is 0 Å². The molecule has 0 radical (unpaired) electrons. The fourth-order valence-corrected chi connectivity index (χ4v) is 4.26. The minimum atomic E-state index is 0.659. The Bertz CT molecular complexity index is 218. The quantitative estimate of drug-likeness (QED) is 0.568. The zero-order valence-electron chi connectivity index (χ0n) is 9.76. The first-order chi connectivity index (χ1) is 6.68. The summed E-state index contributed by atoms with van der Waals surface area (Å²) >= 11 is 0. The van der Waals surface area contributed by atoms with Gasteiger partial charge in [-0.15, -0.1) is 6.58 Å². The van der Waals surface area contributed by atoms with E-state index in [2.05, 4.69) is 26.5 Å². The van der Waals surface area contributed by atoms with Crippen LogP contribution < -0.4 is 0 Å². The summed E-state index contributed by atoms with van der Waals surface area (Å²) in [5, 5.41) is 0. The average Bonchev–Trinajstić information content (AvgIpc) is 2.46. The minimum absolute atomic E-state index is 0.659. The Morgan fingerprint density at radius 2 is 2.14 bits per heavy atom. The molecule has 2 rings (SSSR count). The van der Waals surface area contributed by atoms with Crippen molar-refractivity contribution in [1.82, 2.24) is 0 Å². The van der Waals surface area contributed by atoms with Crippen molar-refractivity contribution in [2.75, 3.05) is 0 Å². The van der Waals surface area contributed by atoms with Gasteiger partial charge in [0.1, 0.15) is 0 Å². The van der Waals surface area contributed by atoms with Crippen molar-refractivity contribution in [2.45, 2.75) is 52.4 Å². The summed E-state index contributed by atoms with van der Waals surface area (Å²) in [5.74, 6) is 2.93. The molecule has 0 aliphatic heterocycles. The summed E-state index contributed by atoms with van der Waals surface area (Å²) in [6.07, 6.45) is 10.7. The molecule has 0 spiro atoms. The van der Waals surface area contributed by atoms with Crippen LogP contribution in [-0.2, 0) is 0 Å². The maximum Gasteiger partial charge on any atom is -0.0264 e. The molecule has 0 N–H and O–H groups in total. The molecule has 0 heterocycles. The number of fused-ring (bicyclic) bond motifs is 1. The van der Waals surface area contributed by atoms with Crippen molar-refractivity contribution < 1.29 is 0 Å². The van der Waals surface area contributed by atoms with E-state index >= 15 is 0 Å². The number of hydrogen-bond acceptors (Lipinski definition) is 0. The molecule has 0 aromatic carbocycles. The van der Waals surface area contributed by atoms with E-state index in [1.54, 1.807) is 0 Å². The van der Waals surface area contributed by atoms with E-state index in [-0.39, 0.29) is 0 Å². The third kappa shape index (κ3) is 1.43. The fourth-order valence-electron chi connectivity index (χ4n) is 4.26. The van der Waals surface area contributed by atoms with Crippen molar-refractivity contribution in [2.24, 2.45) is 23.2 Å². The fraction of sp³-hybridized carbons (Fsp3) is 0.857. The maximum absolute atomic E-state index is 3.91. The lowest BCUT2D eigenvalue weighted by atomic mass is 9.61. The molecule has 0 aromatic rings. The zero-order chi connectivity index (χ0) is 10.2. The van der Waals surface area contributed by atoms with Crippen molar-refractivity contribution in [3.63, 3.8) is 0 Å². The molecule has 0 amide bonds. The molecular formula is C14H24. The van der Waals surface area contributed by atoms with E-state index in [0.717, 1.165) is 17.8 Å². The molecule has 0 heteroatoms. The Morgan fingerprint density at radius 3 is 2.86 bits per heavy atom. The van der Waals surface area contributed by atoms with Crippen LogP contribution in [0.3, 0.4) is 0 Å². The summed E-state index contributed by atoms with van der Waals surface area (Å²) in [4.78, 5) is 0. The molecular weight excluding hydrogens is 168 g/mol. The van der Waals surface area contributed by atoms with E-state index in [0.29, 0.717) is 5.41 Å². The third-order valence-corrected chi connectivity index (χ3v) is 5.12. The van der Waals surface area contributed by atoms with Crippen LogP contribution >= 0.6 is 0 Å². The van der Waals surface area contributed by atoms with Crippen molar-refractivity contribution in [3.05, 3.63) is 12.7 Å². The Labute approximate surface area is 88.8 Å². The van der Waals surface area contributed by atoms with Gasteiger partial charge in [-0.2, -0.15) is 0 Å². The molecule has 2 fully saturated rings. The second kappa shape index (κ2) is 3.72. The summed E-state index contributed by atoms with van der Waals surface area (Å²) in [6.45, 7) is 8.93. The lowest BCUT2D eigenvalue weighted by molar-refractivity contribution is 0.0601. The highest BCUT2D eigenvalue weighted by Gasteiger charge is 2.48. The highest BCUT2D eigenvalue weighted by atomic mass is 14.5. The topological polar surface area (TPSA) is 0 Å². The number of hydrogen-bond donors (Lipinski definition) is 0. The molecule has 0 saturated heterocycles. The van der Waals surface area contributed by atoms with E-state index in [4.69, 9.17) is 0 Å². The summed E-state index contributed by atoms with van der Waals surface area (Å²) < 4.78 is 0. The Balaban J connectivity index is 2.15. The van der Waals surface area contributed by atoms with Gasteiger partial charge in [-0.25, -0.2) is 0 Å². The predicted molar refractivity (Wildman–Crippen MR) is 62.2 cm³/mol. The maximum atomic E-state index is 3.91. The number of rotatable bonds is 2. The lowest BCUT2D eigenvalue weighted by Gasteiger charge is -2.44. The molecule has 0 bridgehead atoms. The monoisotopic (exact) mass is 192 g/mol. The zero-order valence-corrected chi connectivity index (χ0v) is 9.76. The standard InChI is InChI=1S/C14H24/c1-4-6-12-8-9-13-11(2)7-5-10-14(12,13)3/h4,11-13H,1,5-10H2,2-3H3. The smallest absolute Gasteiger partial charge is 0.0264 e. The van der Waals surface area contributed by atoms with E-state index in [9.17, 15) is 0 Å². The lowest BCUT2D eigenvalue weighted by Crippen LogP contribution is -2.35. The van der Waals surface area contributed by atoms with E-state index in [1.807, 2.05) is 0 Å². The van der Waals surface area contributed by atoms with Gasteiger partial charge in [0.15, 0.2) is 0 Å². The molecule has 2 aliphatic carbocycles. The second-order valence-electron chi connectivity index (χ2n) is 5.78. The summed E-state index contributed by atoms with van der Waals surface area (Å²) in [6, 6.07) is 0. The first-order valence-corrected chi connectivity index (χ1v) is 6.29. The van der Waals surface area contributed by atoms with Crippen molar-refractivity contribution >= 4 is 0 Å². The molecule has 14 heavy (non-hydrogen) atoms. The first-order valence-electron chi connectivity index (χ1n) is 6.29. The molecule has 0 aromatic heterocycles. The van der Waals surface area contributed by atoms with Gasteiger partial charge in [0, 0.05) is 0 Å². The van der Waals surface area contributed by atoms with Crippen LogP contribution in [0.25, 0.3) is 0 Å². The average molecular weight is 192 g/mol. The molecule has 4 unspecified atom stereocenters. The largest absolute Gasteiger partial charge is 0.103 e. The Hall–Kier alpha value is -0.260. The van der Waals surface area contributed by atoms with Gasteiger partial charge in [-0.1, -0.05) is 32.8 Å². The molecule has 4 atom stereocenters. The van der Waals surface area contributed by atoms with Crippen LogP contribution in [0.15, 0.2) is 12.7 Å². The summed E-state index contributed by atoms with van der Waals surface area (Å²) in [5.41, 5.74) is 0.659. The normalized spacial score (nSPS) is 47.4. The minimum Gasteiger partial charge on any atom is -0.103 e. The van der Waals surface area contributed by atoms with Gasteiger partial charge >= 0.3 is 0 Å². The highest BCUT2D eigenvalue weighted by molar-refractivity contribution is 5.00.